The number of nitrogens with zero attached hydrogens (tertiary/aromatic N) is 1. The maximum Gasteiger partial charge on any atom is 0.220 e. The molecule has 2 atom stereocenters. The predicted octanol–water partition coefficient (Wildman–Crippen LogP) is 1.82. The Morgan fingerprint density at radius 3 is 2.53 bits per heavy atom. The Kier molecular flexibility index (Phi) is 13.2. The Morgan fingerprint density at radius 1 is 1.26 bits per heavy atom. The summed E-state index contributed by atoms with van der Waals surface area (Å²) >= 11 is 0. The highest BCUT2D eigenvalue weighted by atomic mass is 35.5. The van der Waals surface area contributed by atoms with Crippen molar-refractivity contribution >= 4 is 30.7 Å². The Bertz CT molecular complexity index is 240. The molecule has 0 spiro atoms. The van der Waals surface area contributed by atoms with Crippen molar-refractivity contribution in [3.05, 3.63) is 0 Å². The van der Waals surface area contributed by atoms with E-state index in [-0.39, 0.29) is 30.7 Å². The quantitative estimate of drug-likeness (QED) is 0.735. The number of hydrogen-bond acceptors (Lipinski definition) is 3. The van der Waals surface area contributed by atoms with Gasteiger partial charge in [0.25, 0.3) is 0 Å². The van der Waals surface area contributed by atoms with Crippen LogP contribution in [0.2, 0.25) is 0 Å². The number of hydrogen-bond donors (Lipinski definition) is 2. The van der Waals surface area contributed by atoms with Gasteiger partial charge in [-0.2, -0.15) is 0 Å². The highest BCUT2D eigenvalue weighted by Gasteiger charge is 2.24. The summed E-state index contributed by atoms with van der Waals surface area (Å²) in [5.41, 5.74) is 0. The summed E-state index contributed by atoms with van der Waals surface area (Å²) < 4.78 is 0. The van der Waals surface area contributed by atoms with E-state index in [1.54, 1.807) is 0 Å². The molecule has 116 valence electrons. The summed E-state index contributed by atoms with van der Waals surface area (Å²) in [4.78, 5) is 14.0. The second-order valence-corrected chi connectivity index (χ2v) is 5.26. The van der Waals surface area contributed by atoms with E-state index < -0.39 is 0 Å². The second kappa shape index (κ2) is 11.8. The van der Waals surface area contributed by atoms with Crippen LogP contribution in [0.3, 0.4) is 0 Å². The average molecular weight is 314 g/mol. The molecule has 1 saturated carbocycles. The lowest BCUT2D eigenvalue weighted by Crippen LogP contribution is -2.43. The van der Waals surface area contributed by atoms with Crippen molar-refractivity contribution in [2.75, 3.05) is 27.7 Å². The molecule has 1 amide bonds. The summed E-state index contributed by atoms with van der Waals surface area (Å²) in [5, 5.41) is 6.23. The maximum absolute atomic E-state index is 11.7. The van der Waals surface area contributed by atoms with E-state index in [4.69, 9.17) is 0 Å². The topological polar surface area (TPSA) is 44.4 Å². The third-order valence-corrected chi connectivity index (χ3v) is 3.57. The van der Waals surface area contributed by atoms with Crippen LogP contribution in [0.5, 0.6) is 0 Å². The lowest BCUT2D eigenvalue weighted by atomic mass is 9.90. The molecule has 1 aliphatic carbocycles. The van der Waals surface area contributed by atoms with Gasteiger partial charge in [-0.1, -0.05) is 0 Å². The predicted molar refractivity (Wildman–Crippen MR) is 85.5 cm³/mol. The fourth-order valence-electron chi connectivity index (χ4n) is 2.49. The lowest BCUT2D eigenvalue weighted by molar-refractivity contribution is -0.122. The van der Waals surface area contributed by atoms with Gasteiger partial charge in [-0.05, 0) is 59.8 Å². The van der Waals surface area contributed by atoms with E-state index in [2.05, 4.69) is 29.6 Å². The normalized spacial score (nSPS) is 22.3. The van der Waals surface area contributed by atoms with Crippen LogP contribution in [0, 0.1) is 0 Å². The van der Waals surface area contributed by atoms with Crippen LogP contribution in [0.1, 0.15) is 38.5 Å². The molecule has 1 aliphatic rings. The van der Waals surface area contributed by atoms with Gasteiger partial charge in [0.1, 0.15) is 0 Å². The smallest absolute Gasteiger partial charge is 0.220 e. The Labute approximate surface area is 129 Å². The fourth-order valence-corrected chi connectivity index (χ4v) is 2.49. The van der Waals surface area contributed by atoms with Crippen molar-refractivity contribution in [2.45, 2.75) is 50.6 Å². The van der Waals surface area contributed by atoms with Gasteiger partial charge in [0.2, 0.25) is 5.91 Å². The van der Waals surface area contributed by atoms with Crippen LogP contribution in [0.25, 0.3) is 0 Å². The molecule has 0 aromatic heterocycles. The summed E-state index contributed by atoms with van der Waals surface area (Å²) in [6.07, 6.45) is 6.30. The van der Waals surface area contributed by atoms with Gasteiger partial charge in [0.05, 0.1) is 0 Å². The molecule has 0 bridgehead atoms. The van der Waals surface area contributed by atoms with Crippen molar-refractivity contribution in [3.8, 4) is 0 Å². The van der Waals surface area contributed by atoms with Crippen LogP contribution in [-0.4, -0.2) is 50.6 Å². The van der Waals surface area contributed by atoms with Crippen molar-refractivity contribution in [1.29, 1.82) is 0 Å². The molecule has 1 rings (SSSR count). The molecule has 2 N–H and O–H groups in total. The Balaban J connectivity index is 0. The Morgan fingerprint density at radius 2 is 1.95 bits per heavy atom. The number of carbonyl (C=O) groups is 1. The SMILES string of the molecule is CNCCCC(=O)NC1CCCC(N(C)C)C1.Cl.Cl. The van der Waals surface area contributed by atoms with E-state index in [0.29, 0.717) is 18.5 Å². The zero-order valence-corrected chi connectivity index (χ0v) is 13.9. The standard InChI is InChI=1S/C13H27N3O.2ClH/c1-14-9-5-8-13(17)15-11-6-4-7-12(10-11)16(2)3;;/h11-12,14H,4-10H2,1-3H3,(H,15,17);2*1H. The van der Waals surface area contributed by atoms with Gasteiger partial charge >= 0.3 is 0 Å². The van der Waals surface area contributed by atoms with Crippen LogP contribution in [-0.2, 0) is 4.79 Å². The number of nitrogens with one attached hydrogen (secondary N) is 2. The largest absolute Gasteiger partial charge is 0.353 e. The Hall–Kier alpha value is -0.0300. The molecule has 0 aliphatic heterocycles. The summed E-state index contributed by atoms with van der Waals surface area (Å²) in [6, 6.07) is 1.02. The van der Waals surface area contributed by atoms with Crippen molar-refractivity contribution in [3.63, 3.8) is 0 Å². The first-order valence-corrected chi connectivity index (χ1v) is 6.74. The molecule has 0 radical (unpaired) electrons. The summed E-state index contributed by atoms with van der Waals surface area (Å²) in [7, 11) is 6.17. The zero-order chi connectivity index (χ0) is 12.7. The second-order valence-electron chi connectivity index (χ2n) is 5.26. The van der Waals surface area contributed by atoms with Crippen molar-refractivity contribution < 1.29 is 4.79 Å². The van der Waals surface area contributed by atoms with Crippen molar-refractivity contribution in [2.24, 2.45) is 0 Å². The number of carbonyl (C=O) groups excluding carboxylic acids is 1. The van der Waals surface area contributed by atoms with Crippen LogP contribution < -0.4 is 10.6 Å². The first-order valence-electron chi connectivity index (χ1n) is 6.74. The lowest BCUT2D eigenvalue weighted by Gasteiger charge is -2.33. The fraction of sp³-hybridized carbons (Fsp3) is 0.923. The minimum absolute atomic E-state index is 0. The minimum atomic E-state index is 0. The van der Waals surface area contributed by atoms with Gasteiger partial charge in [-0.25, -0.2) is 0 Å². The molecule has 0 aromatic rings. The van der Waals surface area contributed by atoms with E-state index in [1.165, 1.54) is 12.8 Å². The number of rotatable bonds is 6. The minimum Gasteiger partial charge on any atom is -0.353 e. The van der Waals surface area contributed by atoms with Crippen LogP contribution in [0.4, 0.5) is 0 Å². The van der Waals surface area contributed by atoms with Crippen LogP contribution in [0.15, 0.2) is 0 Å². The summed E-state index contributed by atoms with van der Waals surface area (Å²) in [5.74, 6) is 0.213. The van der Waals surface area contributed by atoms with E-state index in [9.17, 15) is 4.79 Å². The monoisotopic (exact) mass is 313 g/mol. The molecule has 1 fully saturated rings. The molecule has 4 nitrogen and oxygen atoms in total. The highest BCUT2D eigenvalue weighted by Crippen LogP contribution is 2.21. The number of halogens is 2. The molecule has 6 heteroatoms. The molecule has 19 heavy (non-hydrogen) atoms. The third kappa shape index (κ3) is 8.69. The molecule has 2 unspecified atom stereocenters. The van der Waals surface area contributed by atoms with Crippen molar-refractivity contribution in [1.82, 2.24) is 15.5 Å². The first kappa shape index (κ1) is 21.3. The van der Waals surface area contributed by atoms with Gasteiger partial charge in [0.15, 0.2) is 0 Å². The summed E-state index contributed by atoms with van der Waals surface area (Å²) in [6.45, 7) is 0.915. The first-order chi connectivity index (χ1) is 8.13. The van der Waals surface area contributed by atoms with Gasteiger partial charge in [0, 0.05) is 18.5 Å². The molecule has 0 saturated heterocycles. The van der Waals surface area contributed by atoms with Gasteiger partial charge in [-0.15, -0.1) is 24.8 Å². The van der Waals surface area contributed by atoms with Crippen LogP contribution >= 0.6 is 24.8 Å². The average Bonchev–Trinajstić information content (AvgIpc) is 2.29. The van der Waals surface area contributed by atoms with Gasteiger partial charge < -0.3 is 15.5 Å². The van der Waals surface area contributed by atoms with Gasteiger partial charge in [-0.3, -0.25) is 4.79 Å². The highest BCUT2D eigenvalue weighted by molar-refractivity contribution is 5.85. The molecule has 0 heterocycles. The maximum atomic E-state index is 11.7. The van der Waals surface area contributed by atoms with E-state index in [1.807, 2.05) is 7.05 Å². The van der Waals surface area contributed by atoms with E-state index in [0.717, 1.165) is 25.8 Å². The molecule has 0 aromatic carbocycles. The zero-order valence-electron chi connectivity index (χ0n) is 12.3. The van der Waals surface area contributed by atoms with E-state index >= 15 is 0 Å². The third-order valence-electron chi connectivity index (χ3n) is 3.57. The molecular weight excluding hydrogens is 285 g/mol. The molecular formula is C13H29Cl2N3O. The number of amides is 1.